The zero-order chi connectivity index (χ0) is 12.1. The largest absolute Gasteiger partial charge is 0.497 e. The quantitative estimate of drug-likeness (QED) is 0.476. The second-order valence-corrected chi connectivity index (χ2v) is 3.18. The molecule has 16 heavy (non-hydrogen) atoms. The average Bonchev–Trinajstić information content (AvgIpc) is 2.21. The Bertz CT molecular complexity index is 414. The fourth-order valence-corrected chi connectivity index (χ4v) is 1.02. The predicted molar refractivity (Wildman–Crippen MR) is 60.4 cm³/mol. The third-order valence-corrected chi connectivity index (χ3v) is 1.75. The Morgan fingerprint density at radius 2 is 2.06 bits per heavy atom. The summed E-state index contributed by atoms with van der Waals surface area (Å²) in [6.07, 6.45) is 0.948. The Balaban J connectivity index is 2.96. The number of nitrogens with one attached hydrogen (secondary N) is 1. The predicted octanol–water partition coefficient (Wildman–Crippen LogP) is 1.14. The summed E-state index contributed by atoms with van der Waals surface area (Å²) in [6, 6.07) is 2.09. The highest BCUT2D eigenvalue weighted by Crippen LogP contribution is 2.18. The number of hydrogen-bond acceptors (Lipinski definition) is 3. The molecular weight excluding hydrogens is 236 g/mol. The van der Waals surface area contributed by atoms with E-state index in [4.69, 9.17) is 10.5 Å². The number of benzene rings is 1. The van der Waals surface area contributed by atoms with Gasteiger partial charge in [0.15, 0.2) is 5.11 Å². The van der Waals surface area contributed by atoms with E-state index in [9.17, 15) is 8.78 Å². The molecule has 0 unspecified atom stereocenters. The number of halogens is 2. The lowest BCUT2D eigenvalue weighted by Crippen LogP contribution is -2.24. The molecule has 0 atom stereocenters. The van der Waals surface area contributed by atoms with E-state index < -0.39 is 11.6 Å². The first-order valence-electron chi connectivity index (χ1n) is 4.16. The number of rotatable bonds is 3. The molecule has 1 aromatic rings. The van der Waals surface area contributed by atoms with Crippen molar-refractivity contribution in [3.05, 3.63) is 29.3 Å². The van der Waals surface area contributed by atoms with Crippen LogP contribution >= 0.6 is 12.2 Å². The fraction of sp³-hybridized carbons (Fsp3) is 0.111. The maximum absolute atomic E-state index is 13.3. The van der Waals surface area contributed by atoms with Gasteiger partial charge in [0, 0.05) is 12.1 Å². The lowest BCUT2D eigenvalue weighted by molar-refractivity contribution is 0.406. The monoisotopic (exact) mass is 245 g/mol. The number of methoxy groups -OCH3 is 1. The van der Waals surface area contributed by atoms with Gasteiger partial charge in [-0.2, -0.15) is 5.10 Å². The van der Waals surface area contributed by atoms with Gasteiger partial charge in [0.25, 0.3) is 0 Å². The van der Waals surface area contributed by atoms with Crippen molar-refractivity contribution in [2.24, 2.45) is 10.8 Å². The molecule has 0 aliphatic heterocycles. The summed E-state index contributed by atoms with van der Waals surface area (Å²) < 4.78 is 31.3. The summed E-state index contributed by atoms with van der Waals surface area (Å²) in [5.41, 5.74) is 6.97. The van der Waals surface area contributed by atoms with Gasteiger partial charge in [0.1, 0.15) is 17.4 Å². The molecule has 86 valence electrons. The highest BCUT2D eigenvalue weighted by Gasteiger charge is 2.09. The van der Waals surface area contributed by atoms with E-state index in [2.05, 4.69) is 22.7 Å². The SMILES string of the molecule is COc1cc(F)c(C=NNC(N)=S)c(F)c1. The molecule has 0 aromatic heterocycles. The molecule has 0 aliphatic carbocycles. The van der Waals surface area contributed by atoms with Gasteiger partial charge in [-0.25, -0.2) is 8.78 Å². The molecule has 0 spiro atoms. The van der Waals surface area contributed by atoms with Crippen molar-refractivity contribution < 1.29 is 13.5 Å². The van der Waals surface area contributed by atoms with E-state index in [1.807, 2.05) is 0 Å². The summed E-state index contributed by atoms with van der Waals surface area (Å²) in [5, 5.41) is 3.36. The fourth-order valence-electron chi connectivity index (χ4n) is 0.963. The van der Waals surface area contributed by atoms with Crippen molar-refractivity contribution >= 4 is 23.5 Å². The summed E-state index contributed by atoms with van der Waals surface area (Å²) in [6.45, 7) is 0. The molecule has 0 amide bonds. The Kier molecular flexibility index (Phi) is 4.12. The number of thiocarbonyl (C=S) groups is 1. The van der Waals surface area contributed by atoms with Crippen LogP contribution in [0.2, 0.25) is 0 Å². The van der Waals surface area contributed by atoms with Crippen LogP contribution in [0.4, 0.5) is 8.78 Å². The minimum atomic E-state index is -0.787. The van der Waals surface area contributed by atoms with E-state index in [0.29, 0.717) is 0 Å². The van der Waals surface area contributed by atoms with Crippen molar-refractivity contribution in [1.82, 2.24) is 5.43 Å². The van der Waals surface area contributed by atoms with Gasteiger partial charge < -0.3 is 10.5 Å². The second-order valence-electron chi connectivity index (χ2n) is 2.74. The first-order chi connectivity index (χ1) is 7.54. The number of ether oxygens (including phenoxy) is 1. The topological polar surface area (TPSA) is 59.6 Å². The van der Waals surface area contributed by atoms with Crippen LogP contribution in [-0.2, 0) is 0 Å². The summed E-state index contributed by atoms with van der Waals surface area (Å²) in [7, 11) is 1.32. The van der Waals surface area contributed by atoms with Crippen LogP contribution in [0, 0.1) is 11.6 Å². The molecule has 3 N–H and O–H groups in total. The number of nitrogens with zero attached hydrogens (tertiary/aromatic N) is 1. The number of hydrazone groups is 1. The first kappa shape index (κ1) is 12.3. The van der Waals surface area contributed by atoms with Crippen molar-refractivity contribution in [3.63, 3.8) is 0 Å². The molecular formula is C9H9F2N3OS. The summed E-state index contributed by atoms with van der Waals surface area (Å²) in [4.78, 5) is 0. The molecule has 0 saturated carbocycles. The van der Waals surface area contributed by atoms with Crippen LogP contribution in [0.1, 0.15) is 5.56 Å². The van der Waals surface area contributed by atoms with Crippen LogP contribution in [0.25, 0.3) is 0 Å². The van der Waals surface area contributed by atoms with E-state index in [-0.39, 0.29) is 16.4 Å². The second kappa shape index (κ2) is 5.36. The highest BCUT2D eigenvalue weighted by molar-refractivity contribution is 7.80. The first-order valence-corrected chi connectivity index (χ1v) is 4.57. The standard InChI is InChI=1S/C9H9F2N3OS/c1-15-5-2-7(10)6(8(11)3-5)4-13-14-9(12)16/h2-4H,1H3,(H3,12,14,16). The maximum Gasteiger partial charge on any atom is 0.184 e. The smallest absolute Gasteiger partial charge is 0.184 e. The van der Waals surface area contributed by atoms with Crippen LogP contribution < -0.4 is 15.9 Å². The van der Waals surface area contributed by atoms with E-state index in [1.54, 1.807) is 0 Å². The zero-order valence-electron chi connectivity index (χ0n) is 8.33. The molecule has 4 nitrogen and oxygen atoms in total. The number of nitrogens with two attached hydrogens (primary N) is 1. The summed E-state index contributed by atoms with van der Waals surface area (Å²) >= 11 is 4.46. The Morgan fingerprint density at radius 3 is 2.50 bits per heavy atom. The molecule has 0 bridgehead atoms. The van der Waals surface area contributed by atoms with E-state index in [0.717, 1.165) is 18.3 Å². The van der Waals surface area contributed by atoms with Crippen LogP contribution in [0.5, 0.6) is 5.75 Å². The zero-order valence-corrected chi connectivity index (χ0v) is 9.15. The Labute approximate surface area is 96.1 Å². The van der Waals surface area contributed by atoms with E-state index in [1.165, 1.54) is 7.11 Å². The van der Waals surface area contributed by atoms with Crippen molar-refractivity contribution in [2.75, 3.05) is 7.11 Å². The van der Waals surface area contributed by atoms with Gasteiger partial charge >= 0.3 is 0 Å². The molecule has 0 aliphatic rings. The van der Waals surface area contributed by atoms with Gasteiger partial charge in [0.2, 0.25) is 0 Å². The minimum absolute atomic E-state index is 0.0921. The highest BCUT2D eigenvalue weighted by atomic mass is 32.1. The maximum atomic E-state index is 13.3. The van der Waals surface area contributed by atoms with E-state index >= 15 is 0 Å². The van der Waals surface area contributed by atoms with Crippen LogP contribution in [0.15, 0.2) is 17.2 Å². The molecule has 0 saturated heterocycles. The van der Waals surface area contributed by atoms with Gasteiger partial charge in [0.05, 0.1) is 18.9 Å². The Morgan fingerprint density at radius 1 is 1.50 bits per heavy atom. The summed E-state index contributed by atoms with van der Waals surface area (Å²) in [5.74, 6) is -1.48. The van der Waals surface area contributed by atoms with Gasteiger partial charge in [-0.15, -0.1) is 0 Å². The molecule has 0 fully saturated rings. The van der Waals surface area contributed by atoms with Crippen LogP contribution in [0.3, 0.4) is 0 Å². The third-order valence-electron chi connectivity index (χ3n) is 1.66. The van der Waals surface area contributed by atoms with Crippen LogP contribution in [-0.4, -0.2) is 18.4 Å². The molecule has 1 rings (SSSR count). The molecule has 0 heterocycles. The van der Waals surface area contributed by atoms with Crippen molar-refractivity contribution in [1.29, 1.82) is 0 Å². The normalized spacial score (nSPS) is 10.4. The molecule has 0 radical (unpaired) electrons. The lowest BCUT2D eigenvalue weighted by Gasteiger charge is -2.03. The van der Waals surface area contributed by atoms with Gasteiger partial charge in [-0.1, -0.05) is 0 Å². The lowest BCUT2D eigenvalue weighted by atomic mass is 10.2. The van der Waals surface area contributed by atoms with Gasteiger partial charge in [-0.3, -0.25) is 5.43 Å². The van der Waals surface area contributed by atoms with Crippen molar-refractivity contribution in [3.8, 4) is 5.75 Å². The average molecular weight is 245 g/mol. The number of hydrogen-bond donors (Lipinski definition) is 2. The third kappa shape index (κ3) is 3.13. The molecule has 7 heteroatoms. The minimum Gasteiger partial charge on any atom is -0.497 e. The Hall–Kier alpha value is -1.76. The van der Waals surface area contributed by atoms with Gasteiger partial charge in [-0.05, 0) is 12.2 Å². The van der Waals surface area contributed by atoms with Crippen molar-refractivity contribution in [2.45, 2.75) is 0 Å². The molecule has 1 aromatic carbocycles.